The number of nitrogens with one attached hydrogen (secondary N) is 1. The second-order valence-electron chi connectivity index (χ2n) is 5.05. The number of rotatable bonds is 5. The molecule has 0 bridgehead atoms. The summed E-state index contributed by atoms with van der Waals surface area (Å²) in [5, 5.41) is 8.96. The molecule has 0 fully saturated rings. The second kappa shape index (κ2) is 7.93. The molecule has 0 amide bonds. The van der Waals surface area contributed by atoms with Gasteiger partial charge in [0.1, 0.15) is 0 Å². The molecule has 0 saturated heterocycles. The summed E-state index contributed by atoms with van der Waals surface area (Å²) in [4.78, 5) is 5.35. The maximum Gasteiger partial charge on any atom is 0.250 e. The van der Waals surface area contributed by atoms with E-state index in [1.807, 2.05) is 31.3 Å². The van der Waals surface area contributed by atoms with Crippen molar-refractivity contribution >= 4 is 57.6 Å². The zero-order valence-electron chi connectivity index (χ0n) is 12.7. The molecule has 0 aliphatic rings. The fourth-order valence-corrected chi connectivity index (χ4v) is 3.48. The van der Waals surface area contributed by atoms with Gasteiger partial charge in [0.15, 0.2) is 5.82 Å². The number of likely N-dealkylation sites (N-methyl/N-ethyl adjacent to an activating group) is 1. The van der Waals surface area contributed by atoms with E-state index in [1.54, 1.807) is 17.4 Å². The van der Waals surface area contributed by atoms with E-state index in [0.29, 0.717) is 17.8 Å². The van der Waals surface area contributed by atoms with Gasteiger partial charge in [0.05, 0.1) is 5.02 Å². The third-order valence-electron chi connectivity index (χ3n) is 3.40. The van der Waals surface area contributed by atoms with E-state index in [4.69, 9.17) is 16.1 Å². The minimum atomic E-state index is 0. The minimum absolute atomic E-state index is 0. The van der Waals surface area contributed by atoms with Crippen molar-refractivity contribution in [2.24, 2.45) is 0 Å². The molecule has 1 unspecified atom stereocenters. The lowest BCUT2D eigenvalue weighted by molar-refractivity contribution is 0.400. The third-order valence-corrected chi connectivity index (χ3v) is 5.06. The van der Waals surface area contributed by atoms with Gasteiger partial charge in [-0.1, -0.05) is 35.0 Å². The average Bonchev–Trinajstić information content (AvgIpc) is 3.10. The van der Waals surface area contributed by atoms with Gasteiger partial charge in [-0.2, -0.15) is 4.98 Å². The Kier molecular flexibility index (Phi) is 6.18. The van der Waals surface area contributed by atoms with Gasteiger partial charge in [-0.05, 0) is 26.1 Å². The van der Waals surface area contributed by atoms with Gasteiger partial charge in [0, 0.05) is 33.5 Å². The lowest BCUT2D eigenvalue weighted by Gasteiger charge is -2.04. The summed E-state index contributed by atoms with van der Waals surface area (Å²) >= 11 is 8.05. The molecule has 3 aromatic rings. The predicted molar refractivity (Wildman–Crippen MR) is 99.5 cm³/mol. The number of nitrogens with zero attached hydrogens (tertiary/aromatic N) is 2. The summed E-state index contributed by atoms with van der Waals surface area (Å²) in [7, 11) is 1.91. The average molecular weight is 370 g/mol. The molecule has 0 aliphatic carbocycles. The summed E-state index contributed by atoms with van der Waals surface area (Å²) in [6, 6.07) is 8.39. The third kappa shape index (κ3) is 4.12. The van der Waals surface area contributed by atoms with Gasteiger partial charge >= 0.3 is 0 Å². The number of hydrogen-bond acceptors (Lipinski definition) is 5. The number of halogens is 2. The molecule has 3 rings (SSSR count). The first-order valence-electron chi connectivity index (χ1n) is 7.02. The van der Waals surface area contributed by atoms with Crippen LogP contribution in [0.5, 0.6) is 0 Å². The van der Waals surface area contributed by atoms with Crippen LogP contribution in [-0.4, -0.2) is 23.2 Å². The largest absolute Gasteiger partial charge is 0.335 e. The Morgan fingerprint density at radius 2 is 2.13 bits per heavy atom. The maximum absolute atomic E-state index is 6.40. The van der Waals surface area contributed by atoms with Crippen molar-refractivity contribution in [3.05, 3.63) is 45.9 Å². The molecular weight excluding hydrogens is 353 g/mol. The molecule has 0 radical (unpaired) electrons. The van der Waals surface area contributed by atoms with Crippen molar-refractivity contribution in [1.82, 2.24) is 15.5 Å². The smallest absolute Gasteiger partial charge is 0.250 e. The van der Waals surface area contributed by atoms with Crippen LogP contribution in [0.25, 0.3) is 22.2 Å². The summed E-state index contributed by atoms with van der Waals surface area (Å²) in [5.41, 5.74) is 0. The molecule has 0 saturated carbocycles. The number of fused-ring (bicyclic) bond motifs is 1. The molecule has 0 aliphatic heterocycles. The van der Waals surface area contributed by atoms with Crippen molar-refractivity contribution in [2.75, 3.05) is 7.05 Å². The summed E-state index contributed by atoms with van der Waals surface area (Å²) in [6.45, 7) is 2.07. The molecule has 2 aromatic heterocycles. The Morgan fingerprint density at radius 1 is 1.35 bits per heavy atom. The molecule has 2 heterocycles. The Balaban J connectivity index is 0.00000192. The van der Waals surface area contributed by atoms with Crippen LogP contribution in [0.3, 0.4) is 0 Å². The number of aromatic nitrogens is 2. The number of benzene rings is 1. The quantitative estimate of drug-likeness (QED) is 0.709. The van der Waals surface area contributed by atoms with Gasteiger partial charge < -0.3 is 9.84 Å². The SMILES string of the molecule is CNC(C)Cc1noc(/C=C/c2sc3ccccc3c2Cl)n1.Cl. The molecule has 7 heteroatoms. The molecule has 1 aromatic carbocycles. The van der Waals surface area contributed by atoms with Gasteiger partial charge in [-0.15, -0.1) is 23.7 Å². The van der Waals surface area contributed by atoms with Gasteiger partial charge in [0.25, 0.3) is 5.89 Å². The molecule has 1 N–H and O–H groups in total. The number of thiophene rings is 1. The Hall–Kier alpha value is -1.40. The van der Waals surface area contributed by atoms with E-state index in [0.717, 1.165) is 21.7 Å². The number of hydrogen-bond donors (Lipinski definition) is 1. The fraction of sp³-hybridized carbons (Fsp3) is 0.250. The van der Waals surface area contributed by atoms with Crippen LogP contribution in [0.1, 0.15) is 23.5 Å². The lowest BCUT2D eigenvalue weighted by Crippen LogP contribution is -2.24. The zero-order valence-corrected chi connectivity index (χ0v) is 15.1. The van der Waals surface area contributed by atoms with E-state index in [9.17, 15) is 0 Å². The van der Waals surface area contributed by atoms with Crippen LogP contribution in [0, 0.1) is 0 Å². The summed E-state index contributed by atoms with van der Waals surface area (Å²) < 4.78 is 6.40. The molecule has 1 atom stereocenters. The molecule has 122 valence electrons. The predicted octanol–water partition coefficient (Wildman–Crippen LogP) is 4.68. The Morgan fingerprint density at radius 3 is 2.87 bits per heavy atom. The van der Waals surface area contributed by atoms with E-state index < -0.39 is 0 Å². The maximum atomic E-state index is 6.40. The molecule has 0 spiro atoms. The standard InChI is InChI=1S/C16H16ClN3OS.ClH/c1-10(18-2)9-14-19-15(21-20-14)8-7-13-16(17)11-5-3-4-6-12(11)22-13;/h3-8,10,18H,9H2,1-2H3;1H/b8-7+;. The van der Waals surface area contributed by atoms with Crippen LogP contribution in [0.2, 0.25) is 5.02 Å². The van der Waals surface area contributed by atoms with E-state index in [2.05, 4.69) is 28.4 Å². The van der Waals surface area contributed by atoms with E-state index in [-0.39, 0.29) is 12.4 Å². The van der Waals surface area contributed by atoms with Gasteiger partial charge in [-0.25, -0.2) is 0 Å². The van der Waals surface area contributed by atoms with Crippen molar-refractivity contribution in [3.63, 3.8) is 0 Å². The minimum Gasteiger partial charge on any atom is -0.335 e. The first kappa shape index (κ1) is 17.9. The van der Waals surface area contributed by atoms with E-state index in [1.165, 1.54) is 4.70 Å². The Labute approximate surface area is 150 Å². The van der Waals surface area contributed by atoms with Gasteiger partial charge in [-0.3, -0.25) is 0 Å². The van der Waals surface area contributed by atoms with E-state index >= 15 is 0 Å². The van der Waals surface area contributed by atoms with Crippen molar-refractivity contribution < 1.29 is 4.52 Å². The van der Waals surface area contributed by atoms with Crippen molar-refractivity contribution in [2.45, 2.75) is 19.4 Å². The van der Waals surface area contributed by atoms with Gasteiger partial charge in [0.2, 0.25) is 0 Å². The highest BCUT2D eigenvalue weighted by atomic mass is 35.5. The normalized spacial score (nSPS) is 12.7. The Bertz CT molecular complexity index is 813. The second-order valence-corrected chi connectivity index (χ2v) is 6.51. The van der Waals surface area contributed by atoms with Crippen LogP contribution in [-0.2, 0) is 6.42 Å². The highest BCUT2D eigenvalue weighted by molar-refractivity contribution is 7.20. The first-order valence-corrected chi connectivity index (χ1v) is 8.22. The van der Waals surface area contributed by atoms with Crippen LogP contribution in [0.4, 0.5) is 0 Å². The van der Waals surface area contributed by atoms with Crippen LogP contribution >= 0.6 is 35.3 Å². The van der Waals surface area contributed by atoms with Crippen molar-refractivity contribution in [3.8, 4) is 0 Å². The molecular formula is C16H17Cl2N3OS. The highest BCUT2D eigenvalue weighted by Crippen LogP contribution is 2.36. The highest BCUT2D eigenvalue weighted by Gasteiger charge is 2.09. The van der Waals surface area contributed by atoms with Crippen LogP contribution < -0.4 is 5.32 Å². The lowest BCUT2D eigenvalue weighted by atomic mass is 10.2. The molecule has 4 nitrogen and oxygen atoms in total. The van der Waals surface area contributed by atoms with Crippen LogP contribution in [0.15, 0.2) is 28.8 Å². The summed E-state index contributed by atoms with van der Waals surface area (Å²) in [6.07, 6.45) is 4.46. The fourth-order valence-electron chi connectivity index (χ4n) is 2.08. The monoisotopic (exact) mass is 369 g/mol. The topological polar surface area (TPSA) is 51.0 Å². The summed E-state index contributed by atoms with van der Waals surface area (Å²) in [5.74, 6) is 1.19. The van der Waals surface area contributed by atoms with Crippen molar-refractivity contribution in [1.29, 1.82) is 0 Å². The molecule has 23 heavy (non-hydrogen) atoms. The first-order chi connectivity index (χ1) is 10.7. The zero-order chi connectivity index (χ0) is 15.5.